The number of rotatable bonds is 5. The van der Waals surface area contributed by atoms with E-state index in [9.17, 15) is 26.3 Å². The molecule has 0 amide bonds. The topological polar surface area (TPSA) is 181 Å². The summed E-state index contributed by atoms with van der Waals surface area (Å²) in [7, 11) is 0. The van der Waals surface area contributed by atoms with Gasteiger partial charge in [-0.1, -0.05) is 54.6 Å². The van der Waals surface area contributed by atoms with Crippen molar-refractivity contribution in [1.82, 2.24) is 30.1 Å². The number of hydrogen-bond donors (Lipinski definition) is 4. The fourth-order valence-electron chi connectivity index (χ4n) is 4.13. The van der Waals surface area contributed by atoms with Crippen molar-refractivity contribution in [3.63, 3.8) is 0 Å². The number of pyridine rings is 3. The van der Waals surface area contributed by atoms with Gasteiger partial charge in [-0.05, 0) is 35.4 Å². The lowest BCUT2D eigenvalue weighted by Crippen LogP contribution is -2.21. The van der Waals surface area contributed by atoms with Gasteiger partial charge in [0, 0.05) is 47.2 Å². The van der Waals surface area contributed by atoms with Gasteiger partial charge in [-0.25, -0.2) is 19.6 Å². The molecule has 11 nitrogen and oxygen atoms in total. The molecule has 6 rings (SSSR count). The summed E-state index contributed by atoms with van der Waals surface area (Å²) < 4.78 is 63.5. The Hall–Kier alpha value is -6.23. The third kappa shape index (κ3) is 9.19. The molecule has 49 heavy (non-hydrogen) atoms. The Bertz CT molecular complexity index is 2010. The van der Waals surface area contributed by atoms with E-state index in [-0.39, 0.29) is 0 Å². The Kier molecular flexibility index (Phi) is 11.0. The molecule has 0 bridgehead atoms. The molecule has 17 heteroatoms. The summed E-state index contributed by atoms with van der Waals surface area (Å²) in [6, 6.07) is 26.3. The summed E-state index contributed by atoms with van der Waals surface area (Å²) in [5.41, 5.74) is 13.3. The summed E-state index contributed by atoms with van der Waals surface area (Å²) >= 11 is 0. The molecule has 0 unspecified atom stereocenters. The van der Waals surface area contributed by atoms with Crippen LogP contribution in [0.3, 0.4) is 0 Å². The van der Waals surface area contributed by atoms with Crippen LogP contribution >= 0.6 is 0 Å². The highest BCUT2D eigenvalue weighted by atomic mass is 19.4. The van der Waals surface area contributed by atoms with Gasteiger partial charge in [0.25, 0.3) is 0 Å². The molecule has 0 saturated heterocycles. The lowest BCUT2D eigenvalue weighted by molar-refractivity contribution is -0.193. The second-order valence-corrected chi connectivity index (χ2v) is 9.73. The number of fused-ring (bicyclic) bond motifs is 1. The number of benzene rings is 2. The van der Waals surface area contributed by atoms with Crippen LogP contribution in [0.4, 0.5) is 26.3 Å². The molecule has 6 aromatic rings. The van der Waals surface area contributed by atoms with Gasteiger partial charge in [-0.3, -0.25) is 15.1 Å². The highest BCUT2D eigenvalue weighted by Crippen LogP contribution is 2.36. The van der Waals surface area contributed by atoms with E-state index in [0.29, 0.717) is 23.9 Å². The zero-order chi connectivity index (χ0) is 35.8. The number of nitrogens with zero attached hydrogens (tertiary/aromatic N) is 5. The number of halogens is 6. The number of nitrogens with one attached hydrogen (secondary N) is 1. The van der Waals surface area contributed by atoms with Gasteiger partial charge >= 0.3 is 24.3 Å². The Morgan fingerprint density at radius 2 is 1.35 bits per heavy atom. The number of hydrogen-bond acceptors (Lipinski definition) is 8. The van der Waals surface area contributed by atoms with Crippen molar-refractivity contribution in [2.24, 2.45) is 5.73 Å². The number of carboxylic acid groups (broad SMARTS) is 2. The van der Waals surface area contributed by atoms with E-state index < -0.39 is 24.3 Å². The highest BCUT2D eigenvalue weighted by Gasteiger charge is 2.38. The Morgan fingerprint density at radius 1 is 0.735 bits per heavy atom. The predicted molar refractivity (Wildman–Crippen MR) is 164 cm³/mol. The molecule has 2 aromatic carbocycles. The first kappa shape index (κ1) is 35.6. The molecule has 0 spiro atoms. The quantitative estimate of drug-likeness (QED) is 0.146. The van der Waals surface area contributed by atoms with Crippen LogP contribution < -0.4 is 5.73 Å². The maximum atomic E-state index is 10.6. The van der Waals surface area contributed by atoms with Crippen LogP contribution in [0.1, 0.15) is 5.56 Å². The predicted octanol–water partition coefficient (Wildman–Crippen LogP) is 6.54. The smallest absolute Gasteiger partial charge is 0.475 e. The molecule has 0 aliphatic rings. The van der Waals surface area contributed by atoms with E-state index in [1.54, 1.807) is 18.6 Å². The number of alkyl halides is 6. The zero-order valence-corrected chi connectivity index (χ0v) is 24.7. The first-order valence-corrected chi connectivity index (χ1v) is 13.8. The summed E-state index contributed by atoms with van der Waals surface area (Å²) in [5.74, 6) is -4.37. The van der Waals surface area contributed by atoms with E-state index in [4.69, 9.17) is 35.5 Å². The lowest BCUT2D eigenvalue weighted by atomic mass is 9.96. The molecule has 252 valence electrons. The number of carbonyl (C=O) groups is 2. The maximum Gasteiger partial charge on any atom is 0.490 e. The normalized spacial score (nSPS) is 11.2. The Balaban J connectivity index is 0.000000327. The van der Waals surface area contributed by atoms with Crippen LogP contribution in [0.2, 0.25) is 0 Å². The van der Waals surface area contributed by atoms with Crippen molar-refractivity contribution < 1.29 is 46.1 Å². The molecule has 0 saturated carbocycles. The summed E-state index contributed by atoms with van der Waals surface area (Å²) in [6.45, 7) is 0.504. The molecule has 0 atom stereocenters. The minimum Gasteiger partial charge on any atom is -0.475 e. The monoisotopic (exact) mass is 683 g/mol. The van der Waals surface area contributed by atoms with Crippen LogP contribution in [0.15, 0.2) is 97.5 Å². The SMILES string of the molecule is NCc1ccc(-c2nc3ccnc(-c4nc(-c5cccnc5)n[nH]4)c3cc2-c2ccccc2)cc1.O=C(O)C(F)(F)F.O=C(O)C(F)(F)F. The molecule has 4 aromatic heterocycles. The molecule has 0 fully saturated rings. The number of aliphatic carboxylic acids is 2. The number of H-pyrrole nitrogens is 1. The Labute approximate surface area is 272 Å². The van der Waals surface area contributed by atoms with E-state index in [2.05, 4.69) is 50.5 Å². The lowest BCUT2D eigenvalue weighted by Gasteiger charge is -2.13. The summed E-state index contributed by atoms with van der Waals surface area (Å²) in [4.78, 5) is 36.4. The van der Waals surface area contributed by atoms with Gasteiger partial charge in [0.05, 0.1) is 11.2 Å². The van der Waals surface area contributed by atoms with Crippen molar-refractivity contribution in [3.8, 4) is 45.3 Å². The Morgan fingerprint density at radius 3 is 1.90 bits per heavy atom. The van der Waals surface area contributed by atoms with Crippen LogP contribution in [-0.2, 0) is 16.1 Å². The van der Waals surface area contributed by atoms with Crippen LogP contribution in [0, 0.1) is 0 Å². The number of nitrogens with two attached hydrogens (primary N) is 1. The van der Waals surface area contributed by atoms with E-state index in [1.165, 1.54) is 0 Å². The maximum absolute atomic E-state index is 10.6. The van der Waals surface area contributed by atoms with E-state index in [0.717, 1.165) is 44.4 Å². The first-order valence-electron chi connectivity index (χ1n) is 13.8. The molecular weight excluding hydrogens is 660 g/mol. The minimum atomic E-state index is -5.08. The largest absolute Gasteiger partial charge is 0.490 e. The van der Waals surface area contributed by atoms with Crippen molar-refractivity contribution in [1.29, 1.82) is 0 Å². The average molecular weight is 684 g/mol. The van der Waals surface area contributed by atoms with Crippen LogP contribution in [-0.4, -0.2) is 64.6 Å². The third-order valence-corrected chi connectivity index (χ3v) is 6.41. The average Bonchev–Trinajstić information content (AvgIpc) is 3.58. The molecule has 4 heterocycles. The van der Waals surface area contributed by atoms with Crippen molar-refractivity contribution in [3.05, 3.63) is 103 Å². The van der Waals surface area contributed by atoms with E-state index in [1.807, 2.05) is 48.5 Å². The van der Waals surface area contributed by atoms with Gasteiger partial charge in [0.2, 0.25) is 0 Å². The number of aromatic amines is 1. The zero-order valence-electron chi connectivity index (χ0n) is 24.7. The van der Waals surface area contributed by atoms with Gasteiger partial charge in [-0.2, -0.15) is 31.4 Å². The van der Waals surface area contributed by atoms with Gasteiger partial charge in [-0.15, -0.1) is 0 Å². The fraction of sp³-hybridized carbons (Fsp3) is 0.0938. The van der Waals surface area contributed by atoms with E-state index >= 15 is 0 Å². The summed E-state index contributed by atoms with van der Waals surface area (Å²) in [6.07, 6.45) is -4.96. The van der Waals surface area contributed by atoms with Crippen LogP contribution in [0.25, 0.3) is 56.2 Å². The highest BCUT2D eigenvalue weighted by molar-refractivity contribution is 5.97. The fourth-order valence-corrected chi connectivity index (χ4v) is 4.13. The van der Waals surface area contributed by atoms with Gasteiger partial charge < -0.3 is 15.9 Å². The van der Waals surface area contributed by atoms with Gasteiger partial charge in [0.1, 0.15) is 5.69 Å². The molecule has 5 N–H and O–H groups in total. The molecule has 0 aliphatic carbocycles. The molecule has 0 radical (unpaired) electrons. The first-order chi connectivity index (χ1) is 23.2. The molecule has 0 aliphatic heterocycles. The minimum absolute atomic E-state index is 0.504. The van der Waals surface area contributed by atoms with Crippen molar-refractivity contribution in [2.45, 2.75) is 18.9 Å². The third-order valence-electron chi connectivity index (χ3n) is 6.41. The van der Waals surface area contributed by atoms with Gasteiger partial charge in [0.15, 0.2) is 11.6 Å². The van der Waals surface area contributed by atoms with Crippen molar-refractivity contribution in [2.75, 3.05) is 0 Å². The molecular formula is C32H23F6N7O4. The second-order valence-electron chi connectivity index (χ2n) is 9.73. The number of carboxylic acids is 2. The van der Waals surface area contributed by atoms with Crippen molar-refractivity contribution >= 4 is 22.8 Å². The second kappa shape index (κ2) is 15.1. The number of aromatic nitrogens is 6. The standard InChI is InChI=1S/C28H21N7.2C2HF3O2/c29-16-18-8-10-20(11-9-18)25-22(19-5-2-1-3-6-19)15-23-24(32-25)12-14-31-26(23)28-33-27(34-35-28)21-7-4-13-30-17-21;2*3-2(4,5)1(6)7/h1-15,17H,16,29H2,(H,33,34,35);2*(H,6,7). The summed E-state index contributed by atoms with van der Waals surface area (Å²) in [5, 5.41) is 22.6. The van der Waals surface area contributed by atoms with Crippen LogP contribution in [0.5, 0.6) is 0 Å².